The Morgan fingerprint density at radius 1 is 1.03 bits per heavy atom. The number of carbonyl (C=O) groups is 1. The highest BCUT2D eigenvalue weighted by molar-refractivity contribution is 7.90. The summed E-state index contributed by atoms with van der Waals surface area (Å²) in [5.74, 6) is 0.420. The molecule has 4 rings (SSSR count). The van der Waals surface area contributed by atoms with Crippen LogP contribution in [0.1, 0.15) is 68.2 Å². The molecular weight excluding hydrogens is 522 g/mol. The van der Waals surface area contributed by atoms with Gasteiger partial charge < -0.3 is 9.84 Å². The van der Waals surface area contributed by atoms with Crippen LogP contribution in [0.15, 0.2) is 41.8 Å². The number of ether oxygens (including phenoxy) is 1. The van der Waals surface area contributed by atoms with E-state index in [-0.39, 0.29) is 29.1 Å². The number of nitrogens with one attached hydrogen (secondary N) is 1. The van der Waals surface area contributed by atoms with Crippen LogP contribution in [-0.4, -0.2) is 52.3 Å². The summed E-state index contributed by atoms with van der Waals surface area (Å²) in [5.41, 5.74) is 1.41. The van der Waals surface area contributed by atoms with Gasteiger partial charge in [-0.25, -0.2) is 23.1 Å². The summed E-state index contributed by atoms with van der Waals surface area (Å²) in [7, 11) is -2.94. The van der Waals surface area contributed by atoms with E-state index in [0.29, 0.717) is 5.88 Å². The van der Waals surface area contributed by atoms with Crippen LogP contribution in [0.5, 0.6) is 5.88 Å². The van der Waals surface area contributed by atoms with Crippen LogP contribution in [0.4, 0.5) is 0 Å². The van der Waals surface area contributed by atoms with Gasteiger partial charge in [0.25, 0.3) is 0 Å². The van der Waals surface area contributed by atoms with Crippen molar-refractivity contribution in [3.05, 3.63) is 41.8 Å². The largest absolute Gasteiger partial charge is 0.473 e. The summed E-state index contributed by atoms with van der Waals surface area (Å²) in [4.78, 5) is 21.3. The minimum absolute atomic E-state index is 0.0330. The van der Waals surface area contributed by atoms with Crippen molar-refractivity contribution in [2.75, 3.05) is 0 Å². The number of fused-ring (bicyclic) bond motifs is 1. The Kier molecular flexibility index (Phi) is 11.4. The monoisotopic (exact) mass is 563 g/mol. The molecule has 38 heavy (non-hydrogen) atoms. The third-order valence-corrected chi connectivity index (χ3v) is 8.16. The second-order valence-electron chi connectivity index (χ2n) is 10.6. The number of nitrogens with zero attached hydrogens (tertiary/aromatic N) is 2. The standard InChI is InChI=1S/C15H14N2OS.C7H14O2.C6H13NO2S/c1-10(2)18-15-14(13-8-5-9-19-13)16-11-6-3-4-7-12(11)17-15;1-5(2)6(8)7(3,4)9;1-5(2)7-10(8,9)6-3-4-6/h3-10H,1-2H3;5,9H,1-4H3;5-7H,3-4H2,1-2H3. The second kappa shape index (κ2) is 13.6. The Morgan fingerprint density at radius 2 is 1.61 bits per heavy atom. The van der Waals surface area contributed by atoms with Crippen molar-refractivity contribution in [3.63, 3.8) is 0 Å². The van der Waals surface area contributed by atoms with E-state index >= 15 is 0 Å². The first kappa shape index (κ1) is 31.8. The highest BCUT2D eigenvalue weighted by atomic mass is 32.2. The molecule has 0 spiro atoms. The minimum atomic E-state index is -2.94. The average Bonchev–Trinajstić information content (AvgIpc) is 3.54. The molecule has 2 heterocycles. The van der Waals surface area contributed by atoms with Gasteiger partial charge in [0, 0.05) is 12.0 Å². The molecule has 1 aliphatic carbocycles. The van der Waals surface area contributed by atoms with Crippen LogP contribution in [0, 0.1) is 5.92 Å². The number of aliphatic hydroxyl groups is 1. The third kappa shape index (κ3) is 10.1. The number of thiophene rings is 1. The van der Waals surface area contributed by atoms with Gasteiger partial charge in [-0.15, -0.1) is 11.3 Å². The van der Waals surface area contributed by atoms with Crippen molar-refractivity contribution in [1.29, 1.82) is 0 Å². The average molecular weight is 564 g/mol. The van der Waals surface area contributed by atoms with Crippen LogP contribution in [-0.2, 0) is 14.8 Å². The Morgan fingerprint density at radius 3 is 2.00 bits per heavy atom. The maximum absolute atomic E-state index is 11.1. The maximum atomic E-state index is 11.1. The molecule has 0 atom stereocenters. The molecule has 0 amide bonds. The Bertz CT molecular complexity index is 1280. The lowest BCUT2D eigenvalue weighted by atomic mass is 9.95. The molecule has 3 aromatic rings. The first-order valence-electron chi connectivity index (χ1n) is 12.9. The van der Waals surface area contributed by atoms with Gasteiger partial charge >= 0.3 is 0 Å². The lowest BCUT2D eigenvalue weighted by Gasteiger charge is -2.17. The summed E-state index contributed by atoms with van der Waals surface area (Å²) in [5, 5.41) is 11.1. The zero-order valence-corrected chi connectivity index (χ0v) is 25.2. The lowest BCUT2D eigenvalue weighted by molar-refractivity contribution is -0.137. The van der Waals surface area contributed by atoms with E-state index in [1.165, 1.54) is 13.8 Å². The van der Waals surface area contributed by atoms with Gasteiger partial charge in [0.2, 0.25) is 15.9 Å². The summed E-state index contributed by atoms with van der Waals surface area (Å²) < 4.78 is 30.5. The summed E-state index contributed by atoms with van der Waals surface area (Å²) in [6.07, 6.45) is 1.75. The molecule has 2 aromatic heterocycles. The van der Waals surface area contributed by atoms with Gasteiger partial charge in [-0.05, 0) is 78.0 Å². The molecule has 0 unspecified atom stereocenters. The van der Waals surface area contributed by atoms with Crippen LogP contribution in [0.3, 0.4) is 0 Å². The Balaban J connectivity index is 0.000000226. The van der Waals surface area contributed by atoms with E-state index in [0.717, 1.165) is 34.4 Å². The van der Waals surface area contributed by atoms with Crippen molar-refractivity contribution in [1.82, 2.24) is 14.7 Å². The number of carbonyl (C=O) groups excluding carboxylic acids is 1. The van der Waals surface area contributed by atoms with Crippen LogP contribution >= 0.6 is 11.3 Å². The van der Waals surface area contributed by atoms with E-state index in [1.54, 1.807) is 25.2 Å². The van der Waals surface area contributed by atoms with Gasteiger partial charge in [-0.1, -0.05) is 32.0 Å². The Hall–Kier alpha value is -2.40. The number of hydrogen-bond donors (Lipinski definition) is 2. The van der Waals surface area contributed by atoms with Crippen molar-refractivity contribution in [2.45, 2.75) is 91.2 Å². The number of para-hydroxylation sites is 2. The number of benzene rings is 1. The number of Topliss-reactive ketones (excluding diaryl/α,β-unsaturated/α-hetero) is 1. The highest BCUT2D eigenvalue weighted by Gasteiger charge is 2.35. The smallest absolute Gasteiger partial charge is 0.242 e. The maximum Gasteiger partial charge on any atom is 0.242 e. The van der Waals surface area contributed by atoms with Gasteiger partial charge in [0.05, 0.1) is 27.3 Å². The van der Waals surface area contributed by atoms with Gasteiger partial charge in [0.15, 0.2) is 5.78 Å². The summed E-state index contributed by atoms with van der Waals surface area (Å²) >= 11 is 1.64. The number of ketones is 1. The molecular formula is C28H41N3O5S2. The minimum Gasteiger partial charge on any atom is -0.473 e. The molecule has 1 aliphatic rings. The molecule has 10 heteroatoms. The van der Waals surface area contributed by atoms with Crippen LogP contribution in [0.2, 0.25) is 0 Å². The molecule has 0 aliphatic heterocycles. The van der Waals surface area contributed by atoms with E-state index in [4.69, 9.17) is 14.8 Å². The van der Waals surface area contributed by atoms with E-state index in [9.17, 15) is 13.2 Å². The van der Waals surface area contributed by atoms with E-state index in [1.807, 2.05) is 69.5 Å². The molecule has 1 saturated carbocycles. The van der Waals surface area contributed by atoms with Gasteiger partial charge in [-0.2, -0.15) is 0 Å². The van der Waals surface area contributed by atoms with Gasteiger partial charge in [0.1, 0.15) is 11.3 Å². The number of rotatable bonds is 8. The van der Waals surface area contributed by atoms with Crippen molar-refractivity contribution in [2.24, 2.45) is 5.92 Å². The highest BCUT2D eigenvalue weighted by Crippen LogP contribution is 2.32. The van der Waals surface area contributed by atoms with Crippen molar-refractivity contribution >= 4 is 38.2 Å². The molecule has 2 N–H and O–H groups in total. The fourth-order valence-corrected chi connectivity index (χ4v) is 5.68. The first-order chi connectivity index (χ1) is 17.6. The Labute approximate surface area is 230 Å². The molecule has 0 saturated heterocycles. The molecule has 0 bridgehead atoms. The fraction of sp³-hybridized carbons (Fsp3) is 0.536. The molecule has 0 radical (unpaired) electrons. The third-order valence-electron chi connectivity index (χ3n) is 5.13. The van der Waals surface area contributed by atoms with E-state index < -0.39 is 15.6 Å². The van der Waals surface area contributed by atoms with Crippen LogP contribution < -0.4 is 9.46 Å². The van der Waals surface area contributed by atoms with Gasteiger partial charge in [-0.3, -0.25) is 4.79 Å². The molecule has 1 fully saturated rings. The van der Waals surface area contributed by atoms with Crippen molar-refractivity contribution < 1.29 is 23.1 Å². The van der Waals surface area contributed by atoms with E-state index in [2.05, 4.69) is 9.71 Å². The predicted molar refractivity (Wildman–Crippen MR) is 155 cm³/mol. The molecule has 8 nitrogen and oxygen atoms in total. The number of hydrogen-bond acceptors (Lipinski definition) is 8. The predicted octanol–water partition coefficient (Wildman–Crippen LogP) is 5.60. The zero-order valence-electron chi connectivity index (χ0n) is 23.6. The van der Waals surface area contributed by atoms with Crippen molar-refractivity contribution in [3.8, 4) is 16.5 Å². The number of sulfonamides is 1. The quantitative estimate of drug-likeness (QED) is 0.366. The number of aromatic nitrogens is 2. The fourth-order valence-electron chi connectivity index (χ4n) is 3.37. The summed E-state index contributed by atoms with van der Waals surface area (Å²) in [6, 6.07) is 11.9. The first-order valence-corrected chi connectivity index (χ1v) is 15.3. The molecule has 1 aromatic carbocycles. The lowest BCUT2D eigenvalue weighted by Crippen LogP contribution is -2.34. The van der Waals surface area contributed by atoms with Crippen LogP contribution in [0.25, 0.3) is 21.6 Å². The normalized spacial score (nSPS) is 13.7. The summed E-state index contributed by atoms with van der Waals surface area (Å²) in [6.45, 7) is 14.2. The zero-order chi connectivity index (χ0) is 28.7. The topological polar surface area (TPSA) is 118 Å². The second-order valence-corrected chi connectivity index (χ2v) is 13.5. The molecule has 210 valence electrons. The SMILES string of the molecule is CC(C)C(=O)C(C)(C)O.CC(C)NS(=O)(=O)C1CC1.CC(C)Oc1nc2ccccc2nc1-c1cccs1.